The Kier molecular flexibility index (Phi) is 3.96. The number of benzene rings is 1. The molecule has 4 N–H and O–H groups in total. The molecule has 0 radical (unpaired) electrons. The number of non-ortho nitro benzene ring substituents is 1. The monoisotopic (exact) mass is 264 g/mol. The topological polar surface area (TPSA) is 110 Å². The fraction of sp³-hybridized carbons (Fsp3) is 0.417. The van der Waals surface area contributed by atoms with Gasteiger partial charge in [-0.15, -0.1) is 0 Å². The van der Waals surface area contributed by atoms with Crippen LogP contribution in [0.3, 0.4) is 0 Å². The zero-order chi connectivity index (χ0) is 13.8. The van der Waals surface area contributed by atoms with Crippen LogP contribution >= 0.6 is 0 Å². The van der Waals surface area contributed by atoms with Gasteiger partial charge in [0.2, 0.25) is 0 Å². The summed E-state index contributed by atoms with van der Waals surface area (Å²) in [7, 11) is 0. The number of hydrogen-bond donors (Lipinski definition) is 3. The molecule has 0 spiro atoms. The molecular weight excluding hydrogens is 248 g/mol. The number of amides is 2. The lowest BCUT2D eigenvalue weighted by atomic mass is 10.2. The van der Waals surface area contributed by atoms with Crippen LogP contribution in [0.25, 0.3) is 0 Å². The van der Waals surface area contributed by atoms with Crippen molar-refractivity contribution in [1.29, 1.82) is 0 Å². The van der Waals surface area contributed by atoms with Gasteiger partial charge in [0.05, 0.1) is 4.92 Å². The highest BCUT2D eigenvalue weighted by atomic mass is 16.6. The van der Waals surface area contributed by atoms with E-state index in [-0.39, 0.29) is 17.8 Å². The number of hydrogen-bond acceptors (Lipinski definition) is 4. The number of nitrogens with two attached hydrogens (primary N) is 1. The maximum absolute atomic E-state index is 11.6. The SMILES string of the molecule is NC(CNC(=O)Nc1ccc([N+](=O)[O-])cc1)C1CC1. The highest BCUT2D eigenvalue weighted by Gasteiger charge is 2.28. The summed E-state index contributed by atoms with van der Waals surface area (Å²) in [4.78, 5) is 21.6. The smallest absolute Gasteiger partial charge is 0.319 e. The number of urea groups is 1. The molecule has 7 heteroatoms. The van der Waals surface area contributed by atoms with Crippen molar-refractivity contribution in [3.8, 4) is 0 Å². The van der Waals surface area contributed by atoms with Crippen LogP contribution < -0.4 is 16.4 Å². The van der Waals surface area contributed by atoms with E-state index in [0.29, 0.717) is 18.2 Å². The molecule has 0 aliphatic heterocycles. The summed E-state index contributed by atoms with van der Waals surface area (Å²) in [6.45, 7) is 0.434. The minimum Gasteiger partial charge on any atom is -0.336 e. The molecule has 19 heavy (non-hydrogen) atoms. The molecule has 1 atom stereocenters. The Morgan fingerprint density at radius 3 is 2.58 bits per heavy atom. The van der Waals surface area contributed by atoms with E-state index in [1.165, 1.54) is 24.3 Å². The van der Waals surface area contributed by atoms with Gasteiger partial charge in [-0.05, 0) is 30.9 Å². The molecular formula is C12H16N4O3. The molecule has 7 nitrogen and oxygen atoms in total. The molecule has 1 saturated carbocycles. The quantitative estimate of drug-likeness (QED) is 0.552. The van der Waals surface area contributed by atoms with E-state index in [1.807, 2.05) is 0 Å². The summed E-state index contributed by atoms with van der Waals surface area (Å²) in [6, 6.07) is 5.29. The molecule has 0 aromatic heterocycles. The Bertz CT molecular complexity index is 470. The zero-order valence-corrected chi connectivity index (χ0v) is 10.3. The van der Waals surface area contributed by atoms with E-state index in [4.69, 9.17) is 5.73 Å². The van der Waals surface area contributed by atoms with Crippen molar-refractivity contribution in [3.05, 3.63) is 34.4 Å². The van der Waals surface area contributed by atoms with Gasteiger partial charge in [-0.2, -0.15) is 0 Å². The first-order chi connectivity index (χ1) is 9.06. The fourth-order valence-electron chi connectivity index (χ4n) is 1.74. The summed E-state index contributed by atoms with van der Waals surface area (Å²) in [5.41, 5.74) is 6.35. The molecule has 0 bridgehead atoms. The van der Waals surface area contributed by atoms with Gasteiger partial charge in [-0.1, -0.05) is 0 Å². The van der Waals surface area contributed by atoms with E-state index < -0.39 is 4.92 Å². The second-order valence-electron chi connectivity index (χ2n) is 4.64. The van der Waals surface area contributed by atoms with Crippen LogP contribution in [0.15, 0.2) is 24.3 Å². The first-order valence-electron chi connectivity index (χ1n) is 6.11. The van der Waals surface area contributed by atoms with E-state index in [0.717, 1.165) is 12.8 Å². The Balaban J connectivity index is 1.79. The van der Waals surface area contributed by atoms with Gasteiger partial charge in [0.1, 0.15) is 0 Å². The molecule has 102 valence electrons. The molecule has 1 aliphatic rings. The summed E-state index contributed by atoms with van der Waals surface area (Å²) in [6.07, 6.45) is 2.26. The van der Waals surface area contributed by atoms with Crippen LogP contribution in [0.2, 0.25) is 0 Å². The fourth-order valence-corrected chi connectivity index (χ4v) is 1.74. The molecule has 1 unspecified atom stereocenters. The van der Waals surface area contributed by atoms with Crippen LogP contribution in [-0.2, 0) is 0 Å². The zero-order valence-electron chi connectivity index (χ0n) is 10.3. The number of nitro benzene ring substituents is 1. The van der Waals surface area contributed by atoms with Crippen molar-refractivity contribution in [3.63, 3.8) is 0 Å². The average Bonchev–Trinajstić information content (AvgIpc) is 3.21. The first-order valence-corrected chi connectivity index (χ1v) is 6.11. The average molecular weight is 264 g/mol. The van der Waals surface area contributed by atoms with Gasteiger partial charge in [-0.25, -0.2) is 4.79 Å². The first kappa shape index (κ1) is 13.3. The van der Waals surface area contributed by atoms with Gasteiger partial charge < -0.3 is 16.4 Å². The van der Waals surface area contributed by atoms with E-state index >= 15 is 0 Å². The van der Waals surface area contributed by atoms with Crippen molar-refractivity contribution >= 4 is 17.4 Å². The second-order valence-corrected chi connectivity index (χ2v) is 4.64. The second kappa shape index (κ2) is 5.66. The largest absolute Gasteiger partial charge is 0.336 e. The number of rotatable bonds is 5. The van der Waals surface area contributed by atoms with Crippen molar-refractivity contribution in [1.82, 2.24) is 5.32 Å². The number of nitro groups is 1. The highest BCUT2D eigenvalue weighted by Crippen LogP contribution is 2.31. The van der Waals surface area contributed by atoms with E-state index in [9.17, 15) is 14.9 Å². The predicted molar refractivity (Wildman–Crippen MR) is 70.8 cm³/mol. The third kappa shape index (κ3) is 3.92. The van der Waals surface area contributed by atoms with Crippen LogP contribution in [0.5, 0.6) is 0 Å². The maximum Gasteiger partial charge on any atom is 0.319 e. The van der Waals surface area contributed by atoms with Gasteiger partial charge in [0.15, 0.2) is 0 Å². The lowest BCUT2D eigenvalue weighted by Gasteiger charge is -2.12. The van der Waals surface area contributed by atoms with Gasteiger partial charge in [-0.3, -0.25) is 10.1 Å². The summed E-state index contributed by atoms with van der Waals surface area (Å²) in [5.74, 6) is 0.527. The molecule has 1 fully saturated rings. The summed E-state index contributed by atoms with van der Waals surface area (Å²) < 4.78 is 0. The molecule has 1 aliphatic carbocycles. The minimum absolute atomic E-state index is 0.00242. The Morgan fingerprint density at radius 2 is 2.05 bits per heavy atom. The Morgan fingerprint density at radius 1 is 1.42 bits per heavy atom. The van der Waals surface area contributed by atoms with Crippen molar-refractivity contribution in [2.75, 3.05) is 11.9 Å². The third-order valence-corrected chi connectivity index (χ3v) is 3.06. The Hall–Kier alpha value is -2.15. The number of nitrogens with one attached hydrogen (secondary N) is 2. The van der Waals surface area contributed by atoms with Gasteiger partial charge in [0, 0.05) is 30.4 Å². The minimum atomic E-state index is -0.488. The van der Waals surface area contributed by atoms with E-state index in [1.54, 1.807) is 0 Å². The van der Waals surface area contributed by atoms with Crippen LogP contribution in [0.4, 0.5) is 16.2 Å². The van der Waals surface area contributed by atoms with Crippen molar-refractivity contribution in [2.45, 2.75) is 18.9 Å². The lowest BCUT2D eigenvalue weighted by Crippen LogP contribution is -2.40. The Labute approximate surface area is 110 Å². The molecule has 1 aromatic carbocycles. The molecule has 2 amide bonds. The van der Waals surface area contributed by atoms with Crippen LogP contribution in [0.1, 0.15) is 12.8 Å². The van der Waals surface area contributed by atoms with Crippen molar-refractivity contribution in [2.24, 2.45) is 11.7 Å². The highest BCUT2D eigenvalue weighted by molar-refractivity contribution is 5.89. The number of carbonyl (C=O) groups excluding carboxylic acids is 1. The van der Waals surface area contributed by atoms with Crippen molar-refractivity contribution < 1.29 is 9.72 Å². The van der Waals surface area contributed by atoms with E-state index in [2.05, 4.69) is 10.6 Å². The molecule has 0 saturated heterocycles. The normalized spacial score (nSPS) is 15.6. The number of carbonyl (C=O) groups is 1. The third-order valence-electron chi connectivity index (χ3n) is 3.06. The molecule has 1 aromatic rings. The molecule has 2 rings (SSSR count). The lowest BCUT2D eigenvalue weighted by molar-refractivity contribution is -0.384. The summed E-state index contributed by atoms with van der Waals surface area (Å²) >= 11 is 0. The summed E-state index contributed by atoms with van der Waals surface area (Å²) in [5, 5.41) is 15.7. The van der Waals surface area contributed by atoms with Gasteiger partial charge in [0.25, 0.3) is 5.69 Å². The van der Waals surface area contributed by atoms with Crippen LogP contribution in [0, 0.1) is 16.0 Å². The van der Waals surface area contributed by atoms with Crippen LogP contribution in [-0.4, -0.2) is 23.5 Å². The number of nitrogens with zero attached hydrogens (tertiary/aromatic N) is 1. The standard InChI is InChI=1S/C12H16N4O3/c13-11(8-1-2-8)7-14-12(17)15-9-3-5-10(6-4-9)16(18)19/h3-6,8,11H,1-2,7,13H2,(H2,14,15,17). The van der Waals surface area contributed by atoms with Gasteiger partial charge >= 0.3 is 6.03 Å². The molecule has 0 heterocycles. The number of anilines is 1. The predicted octanol–water partition coefficient (Wildman–Crippen LogP) is 1.45. The maximum atomic E-state index is 11.6.